The fourth-order valence-electron chi connectivity index (χ4n) is 5.33. The first-order chi connectivity index (χ1) is 22.5. The van der Waals surface area contributed by atoms with Crippen molar-refractivity contribution in [2.75, 3.05) is 18.8 Å². The fraction of sp³-hybridized carbons (Fsp3) is 0.171. The summed E-state index contributed by atoms with van der Waals surface area (Å²) in [4.78, 5) is 30.8. The second-order valence-electron chi connectivity index (χ2n) is 11.2. The summed E-state index contributed by atoms with van der Waals surface area (Å²) in [6.07, 6.45) is 3.69. The van der Waals surface area contributed by atoms with E-state index in [1.54, 1.807) is 60.7 Å². The topological polar surface area (TPSA) is 101 Å². The van der Waals surface area contributed by atoms with E-state index in [0.29, 0.717) is 50.8 Å². The van der Waals surface area contributed by atoms with Crippen LogP contribution in [0.2, 0.25) is 5.02 Å². The molecule has 0 atom stereocenters. The minimum atomic E-state index is -2.77. The van der Waals surface area contributed by atoms with E-state index in [2.05, 4.69) is 10.3 Å². The predicted octanol–water partition coefficient (Wildman–Crippen LogP) is 7.88. The van der Waals surface area contributed by atoms with E-state index in [-0.39, 0.29) is 54.6 Å². The molecule has 1 aliphatic heterocycles. The third kappa shape index (κ3) is 7.15. The SMILES string of the molecule is Nc1ccc(C=CC(=O)NCc2cc3cc(-c4ccc(C(=O)N5CCC(F)(F)CC5)cc4)cc(-c4cc(Cl)c(F)cc4F)c3o2)cn1. The van der Waals surface area contributed by atoms with Gasteiger partial charge in [0.1, 0.15) is 28.8 Å². The summed E-state index contributed by atoms with van der Waals surface area (Å²) in [5.74, 6) is -4.54. The summed E-state index contributed by atoms with van der Waals surface area (Å²) in [5, 5.41) is 3.03. The lowest BCUT2D eigenvalue weighted by molar-refractivity contribution is -0.116. The first-order valence-corrected chi connectivity index (χ1v) is 15.0. The van der Waals surface area contributed by atoms with Crippen LogP contribution in [0.3, 0.4) is 0 Å². The number of nitrogens with zero attached hydrogens (tertiary/aromatic N) is 2. The van der Waals surface area contributed by atoms with Crippen molar-refractivity contribution < 1.29 is 31.6 Å². The number of benzene rings is 3. The van der Waals surface area contributed by atoms with Crippen LogP contribution >= 0.6 is 11.6 Å². The van der Waals surface area contributed by atoms with Gasteiger partial charge >= 0.3 is 0 Å². The Labute approximate surface area is 271 Å². The third-order valence-corrected chi connectivity index (χ3v) is 8.18. The smallest absolute Gasteiger partial charge is 0.253 e. The molecule has 0 radical (unpaired) electrons. The molecule has 0 spiro atoms. The van der Waals surface area contributed by atoms with E-state index in [0.717, 1.165) is 0 Å². The molecule has 1 saturated heterocycles. The number of pyridine rings is 1. The Morgan fingerprint density at radius 2 is 1.70 bits per heavy atom. The standard InChI is InChI=1S/C35H27ClF4N4O3/c36-28-16-26(29(37)17-30(28)38)27-15-23(21-3-5-22(6-4-21)34(46)44-11-9-35(39,40)10-12-44)13-24-14-25(47-33(24)27)19-43-32(45)8-2-20-1-7-31(41)42-18-20/h1-8,13-18H,9-12,19H2,(H2,41,42)(H,43,45). The molecule has 6 rings (SSSR count). The Balaban J connectivity index is 1.29. The molecule has 1 aliphatic rings. The number of hydrogen-bond donors (Lipinski definition) is 2. The normalized spacial score (nSPS) is 14.5. The number of carbonyl (C=O) groups excluding carboxylic acids is 2. The minimum absolute atomic E-state index is 0.00178. The number of carbonyl (C=O) groups is 2. The average molecular weight is 663 g/mol. The number of furan rings is 1. The minimum Gasteiger partial charge on any atom is -0.459 e. The molecular formula is C35H27ClF4N4O3. The maximum absolute atomic E-state index is 15.1. The summed E-state index contributed by atoms with van der Waals surface area (Å²) >= 11 is 6.03. The van der Waals surface area contributed by atoms with Crippen LogP contribution in [0, 0.1) is 11.6 Å². The number of likely N-dealkylation sites (tertiary alicyclic amines) is 1. The Bertz CT molecular complexity index is 2000. The van der Waals surface area contributed by atoms with Gasteiger partial charge in [0.05, 0.1) is 11.6 Å². The van der Waals surface area contributed by atoms with Crippen LogP contribution in [-0.4, -0.2) is 40.7 Å². The molecule has 0 unspecified atom stereocenters. The van der Waals surface area contributed by atoms with Gasteiger partial charge in [-0.1, -0.05) is 23.7 Å². The lowest BCUT2D eigenvalue weighted by Crippen LogP contribution is -2.42. The third-order valence-electron chi connectivity index (χ3n) is 7.89. The van der Waals surface area contributed by atoms with Crippen molar-refractivity contribution >= 4 is 46.3 Å². The van der Waals surface area contributed by atoms with E-state index < -0.39 is 23.5 Å². The number of hydrogen-bond acceptors (Lipinski definition) is 5. The van der Waals surface area contributed by atoms with Crippen LogP contribution in [-0.2, 0) is 11.3 Å². The Morgan fingerprint density at radius 1 is 0.957 bits per heavy atom. The zero-order valence-corrected chi connectivity index (χ0v) is 25.5. The highest BCUT2D eigenvalue weighted by atomic mass is 35.5. The van der Waals surface area contributed by atoms with Crippen molar-refractivity contribution in [2.45, 2.75) is 25.3 Å². The molecule has 0 aliphatic carbocycles. The van der Waals surface area contributed by atoms with E-state index in [4.69, 9.17) is 21.8 Å². The number of piperidine rings is 1. The van der Waals surface area contributed by atoms with Gasteiger partial charge in [0.2, 0.25) is 5.91 Å². The van der Waals surface area contributed by atoms with Crippen molar-refractivity contribution in [3.05, 3.63) is 113 Å². The molecule has 3 aromatic carbocycles. The van der Waals surface area contributed by atoms with Gasteiger partial charge in [-0.15, -0.1) is 0 Å². The second kappa shape index (κ2) is 12.9. The van der Waals surface area contributed by atoms with Gasteiger partial charge in [0, 0.05) is 66.3 Å². The number of halogens is 5. The van der Waals surface area contributed by atoms with Gasteiger partial charge in [0.15, 0.2) is 0 Å². The quantitative estimate of drug-likeness (QED) is 0.105. The largest absolute Gasteiger partial charge is 0.459 e. The molecule has 1 fully saturated rings. The lowest BCUT2D eigenvalue weighted by Gasteiger charge is -2.31. The number of aromatic nitrogens is 1. The molecule has 47 heavy (non-hydrogen) atoms. The molecule has 3 heterocycles. The monoisotopic (exact) mass is 662 g/mol. The number of rotatable bonds is 7. The van der Waals surface area contributed by atoms with Crippen LogP contribution in [0.1, 0.15) is 34.5 Å². The highest BCUT2D eigenvalue weighted by Crippen LogP contribution is 2.39. The van der Waals surface area contributed by atoms with Crippen LogP contribution in [0.5, 0.6) is 0 Å². The van der Waals surface area contributed by atoms with Gasteiger partial charge in [-0.05, 0) is 71.3 Å². The molecule has 2 amide bonds. The van der Waals surface area contributed by atoms with E-state index in [1.807, 2.05) is 0 Å². The van der Waals surface area contributed by atoms with E-state index in [1.165, 1.54) is 23.2 Å². The number of nitrogen functional groups attached to an aromatic ring is 1. The molecule has 240 valence electrons. The average Bonchev–Trinajstić information content (AvgIpc) is 3.48. The Hall–Kier alpha value is -5.16. The highest BCUT2D eigenvalue weighted by molar-refractivity contribution is 6.31. The first kappa shape index (κ1) is 31.8. The van der Waals surface area contributed by atoms with Gasteiger partial charge in [0.25, 0.3) is 11.8 Å². The van der Waals surface area contributed by atoms with E-state index in [9.17, 15) is 22.8 Å². The summed E-state index contributed by atoms with van der Waals surface area (Å²) < 4.78 is 62.4. The van der Waals surface area contributed by atoms with Crippen molar-refractivity contribution in [1.82, 2.24) is 15.2 Å². The second-order valence-corrected chi connectivity index (χ2v) is 11.6. The zero-order valence-electron chi connectivity index (χ0n) is 24.7. The lowest BCUT2D eigenvalue weighted by atomic mass is 9.95. The summed E-state index contributed by atoms with van der Waals surface area (Å²) in [6, 6.07) is 17.0. The molecule has 0 bridgehead atoms. The Morgan fingerprint density at radius 3 is 2.40 bits per heavy atom. The van der Waals surface area contributed by atoms with Crippen molar-refractivity contribution in [2.24, 2.45) is 0 Å². The molecule has 3 N–H and O–H groups in total. The maximum Gasteiger partial charge on any atom is 0.253 e. The van der Waals surface area contributed by atoms with Crippen LogP contribution in [0.25, 0.3) is 39.3 Å². The predicted molar refractivity (Wildman–Crippen MR) is 172 cm³/mol. The summed E-state index contributed by atoms with van der Waals surface area (Å²) in [5.41, 5.74) is 8.49. The first-order valence-electron chi connectivity index (χ1n) is 14.6. The number of nitrogens with one attached hydrogen (secondary N) is 1. The van der Waals surface area contributed by atoms with E-state index >= 15 is 4.39 Å². The number of anilines is 1. The number of amides is 2. The molecule has 7 nitrogen and oxygen atoms in total. The maximum atomic E-state index is 15.1. The Kier molecular flexibility index (Phi) is 8.74. The summed E-state index contributed by atoms with van der Waals surface area (Å²) in [7, 11) is 0. The zero-order chi connectivity index (χ0) is 33.3. The van der Waals surface area contributed by atoms with Gasteiger partial charge in [-0.2, -0.15) is 0 Å². The molecule has 12 heteroatoms. The van der Waals surface area contributed by atoms with Gasteiger partial charge in [-0.25, -0.2) is 22.5 Å². The van der Waals surface area contributed by atoms with Gasteiger partial charge in [-0.3, -0.25) is 9.59 Å². The van der Waals surface area contributed by atoms with Crippen LogP contribution in [0.4, 0.5) is 23.4 Å². The molecule has 0 saturated carbocycles. The van der Waals surface area contributed by atoms with Crippen molar-refractivity contribution in [3.63, 3.8) is 0 Å². The molecular weight excluding hydrogens is 636 g/mol. The number of nitrogens with two attached hydrogens (primary N) is 1. The van der Waals surface area contributed by atoms with Crippen LogP contribution < -0.4 is 11.1 Å². The number of fused-ring (bicyclic) bond motifs is 1. The van der Waals surface area contributed by atoms with Crippen molar-refractivity contribution in [3.8, 4) is 22.3 Å². The van der Waals surface area contributed by atoms with Crippen molar-refractivity contribution in [1.29, 1.82) is 0 Å². The summed E-state index contributed by atoms with van der Waals surface area (Å²) in [6.45, 7) is -0.0451. The van der Waals surface area contributed by atoms with Crippen LogP contribution in [0.15, 0.2) is 83.4 Å². The number of alkyl halides is 2. The molecule has 5 aromatic rings. The van der Waals surface area contributed by atoms with Gasteiger partial charge < -0.3 is 20.4 Å². The molecule has 2 aromatic heterocycles. The highest BCUT2D eigenvalue weighted by Gasteiger charge is 2.35. The fourth-order valence-corrected chi connectivity index (χ4v) is 5.50.